The molecule has 2 aromatic heterocycles. The molecular weight excluding hydrogens is 236 g/mol. The predicted octanol–water partition coefficient (Wildman–Crippen LogP) is 3.14. The van der Waals surface area contributed by atoms with Crippen LogP contribution in [0.2, 0.25) is 5.22 Å². The van der Waals surface area contributed by atoms with Crippen molar-refractivity contribution in [3.63, 3.8) is 0 Å². The van der Waals surface area contributed by atoms with Gasteiger partial charge in [-0.15, -0.1) is 0 Å². The van der Waals surface area contributed by atoms with Gasteiger partial charge in [0.05, 0.1) is 6.26 Å². The second-order valence-electron chi connectivity index (χ2n) is 4.02. The molecule has 1 atom stereocenters. The van der Waals surface area contributed by atoms with E-state index in [1.54, 1.807) is 6.26 Å². The van der Waals surface area contributed by atoms with E-state index in [0.29, 0.717) is 5.22 Å². The van der Waals surface area contributed by atoms with Gasteiger partial charge in [0.1, 0.15) is 0 Å². The fraction of sp³-hybridized carbons (Fsp3) is 0.308. The van der Waals surface area contributed by atoms with Gasteiger partial charge in [-0.2, -0.15) is 0 Å². The fourth-order valence-electron chi connectivity index (χ4n) is 1.75. The summed E-state index contributed by atoms with van der Waals surface area (Å²) >= 11 is 5.98. The maximum absolute atomic E-state index is 5.98. The third kappa shape index (κ3) is 2.87. The molecule has 0 aliphatic carbocycles. The molecule has 0 aromatic carbocycles. The zero-order valence-electron chi connectivity index (χ0n) is 9.90. The molecule has 0 saturated carbocycles. The Bertz CT molecular complexity index is 478. The van der Waals surface area contributed by atoms with Gasteiger partial charge in [0.15, 0.2) is 5.22 Å². The topological polar surface area (TPSA) is 38.1 Å². The van der Waals surface area contributed by atoms with E-state index in [1.165, 1.54) is 0 Å². The highest BCUT2D eigenvalue weighted by Crippen LogP contribution is 2.26. The normalized spacial score (nSPS) is 12.6. The average molecular weight is 251 g/mol. The zero-order chi connectivity index (χ0) is 12.3. The summed E-state index contributed by atoms with van der Waals surface area (Å²) < 4.78 is 5.11. The number of nitrogens with zero attached hydrogens (tertiary/aromatic N) is 1. The second-order valence-corrected chi connectivity index (χ2v) is 4.37. The Kier molecular flexibility index (Phi) is 3.82. The number of hydrogen-bond acceptors (Lipinski definition) is 3. The number of aromatic nitrogens is 1. The highest BCUT2D eigenvalue weighted by atomic mass is 35.5. The summed E-state index contributed by atoms with van der Waals surface area (Å²) in [6, 6.07) is 6.11. The molecule has 0 bridgehead atoms. The minimum atomic E-state index is 0.122. The second kappa shape index (κ2) is 5.34. The Hall–Kier alpha value is -1.32. The molecule has 1 N–H and O–H groups in total. The zero-order valence-corrected chi connectivity index (χ0v) is 10.7. The van der Waals surface area contributed by atoms with E-state index in [9.17, 15) is 0 Å². The SMILES string of the molecule is CNC(Cc1ccc(C)cn1)c1ccoc1Cl. The van der Waals surface area contributed by atoms with E-state index >= 15 is 0 Å². The van der Waals surface area contributed by atoms with E-state index in [1.807, 2.05) is 32.3 Å². The maximum Gasteiger partial charge on any atom is 0.197 e. The van der Waals surface area contributed by atoms with Gasteiger partial charge in [-0.1, -0.05) is 6.07 Å². The summed E-state index contributed by atoms with van der Waals surface area (Å²) in [5.74, 6) is 0. The summed E-state index contributed by atoms with van der Waals surface area (Å²) in [6.07, 6.45) is 4.26. The molecule has 0 aliphatic rings. The Morgan fingerprint density at radius 1 is 1.41 bits per heavy atom. The molecule has 0 aliphatic heterocycles. The number of likely N-dealkylation sites (N-methyl/N-ethyl adjacent to an activating group) is 1. The lowest BCUT2D eigenvalue weighted by Gasteiger charge is -2.14. The monoisotopic (exact) mass is 250 g/mol. The van der Waals surface area contributed by atoms with Crippen LogP contribution in [0.3, 0.4) is 0 Å². The van der Waals surface area contributed by atoms with Crippen LogP contribution in [0.15, 0.2) is 35.1 Å². The van der Waals surface area contributed by atoms with E-state index in [-0.39, 0.29) is 6.04 Å². The molecule has 0 spiro atoms. The van der Waals surface area contributed by atoms with Crippen LogP contribution in [0.25, 0.3) is 0 Å². The first-order chi connectivity index (χ1) is 8.20. The van der Waals surface area contributed by atoms with Crippen LogP contribution in [0.1, 0.15) is 22.9 Å². The lowest BCUT2D eigenvalue weighted by atomic mass is 10.0. The Labute approximate surface area is 106 Å². The highest BCUT2D eigenvalue weighted by Gasteiger charge is 2.16. The van der Waals surface area contributed by atoms with Crippen LogP contribution in [0, 0.1) is 6.92 Å². The largest absolute Gasteiger partial charge is 0.453 e. The number of furan rings is 1. The lowest BCUT2D eigenvalue weighted by molar-refractivity contribution is 0.542. The number of halogens is 1. The van der Waals surface area contributed by atoms with Crippen molar-refractivity contribution in [2.45, 2.75) is 19.4 Å². The van der Waals surface area contributed by atoms with Gasteiger partial charge >= 0.3 is 0 Å². The first-order valence-electron chi connectivity index (χ1n) is 5.52. The van der Waals surface area contributed by atoms with Crippen LogP contribution in [0.5, 0.6) is 0 Å². The quantitative estimate of drug-likeness (QED) is 0.906. The van der Waals surface area contributed by atoms with E-state index in [2.05, 4.69) is 16.4 Å². The number of hydrogen-bond donors (Lipinski definition) is 1. The van der Waals surface area contributed by atoms with Crippen LogP contribution in [-0.4, -0.2) is 12.0 Å². The number of nitrogens with one attached hydrogen (secondary N) is 1. The van der Waals surface area contributed by atoms with Gasteiger partial charge < -0.3 is 9.73 Å². The van der Waals surface area contributed by atoms with Crippen molar-refractivity contribution in [2.24, 2.45) is 0 Å². The molecule has 3 nitrogen and oxygen atoms in total. The molecule has 2 aromatic rings. The van der Waals surface area contributed by atoms with Crippen LogP contribution >= 0.6 is 11.6 Å². The molecule has 0 saturated heterocycles. The van der Waals surface area contributed by atoms with Gasteiger partial charge in [-0.25, -0.2) is 0 Å². The highest BCUT2D eigenvalue weighted by molar-refractivity contribution is 6.29. The molecule has 0 amide bonds. The van der Waals surface area contributed by atoms with Crippen molar-refractivity contribution >= 4 is 11.6 Å². The van der Waals surface area contributed by atoms with Crippen molar-refractivity contribution in [1.29, 1.82) is 0 Å². The minimum absolute atomic E-state index is 0.122. The third-order valence-electron chi connectivity index (χ3n) is 2.76. The predicted molar refractivity (Wildman–Crippen MR) is 68.2 cm³/mol. The van der Waals surface area contributed by atoms with Crippen molar-refractivity contribution in [2.75, 3.05) is 7.05 Å². The molecule has 0 radical (unpaired) electrons. The lowest BCUT2D eigenvalue weighted by Crippen LogP contribution is -2.19. The number of pyridine rings is 1. The van der Waals surface area contributed by atoms with Gasteiger partial charge in [-0.3, -0.25) is 4.98 Å². The fourth-order valence-corrected chi connectivity index (χ4v) is 2.00. The van der Waals surface area contributed by atoms with Crippen LogP contribution in [-0.2, 0) is 6.42 Å². The molecule has 17 heavy (non-hydrogen) atoms. The van der Waals surface area contributed by atoms with Crippen LogP contribution in [0.4, 0.5) is 0 Å². The van der Waals surface area contributed by atoms with Gasteiger partial charge in [-0.05, 0) is 43.3 Å². The maximum atomic E-state index is 5.98. The molecule has 90 valence electrons. The number of rotatable bonds is 4. The Balaban J connectivity index is 2.16. The summed E-state index contributed by atoms with van der Waals surface area (Å²) in [5, 5.41) is 3.67. The van der Waals surface area contributed by atoms with E-state index in [0.717, 1.165) is 23.2 Å². The molecule has 2 rings (SSSR count). The van der Waals surface area contributed by atoms with Crippen molar-refractivity contribution in [3.8, 4) is 0 Å². The summed E-state index contributed by atoms with van der Waals surface area (Å²) in [7, 11) is 1.90. The Morgan fingerprint density at radius 2 is 2.24 bits per heavy atom. The van der Waals surface area contributed by atoms with Crippen molar-refractivity contribution < 1.29 is 4.42 Å². The summed E-state index contributed by atoms with van der Waals surface area (Å²) in [6.45, 7) is 2.03. The van der Waals surface area contributed by atoms with Crippen LogP contribution < -0.4 is 5.32 Å². The third-order valence-corrected chi connectivity index (χ3v) is 3.06. The van der Waals surface area contributed by atoms with Gasteiger partial charge in [0.2, 0.25) is 0 Å². The average Bonchev–Trinajstić information content (AvgIpc) is 2.75. The molecular formula is C13H15ClN2O. The Morgan fingerprint density at radius 3 is 2.76 bits per heavy atom. The standard InChI is InChI=1S/C13H15ClN2O/c1-9-3-4-10(16-8-9)7-12(15-2)11-5-6-17-13(11)14/h3-6,8,12,15H,7H2,1-2H3. The molecule has 2 heterocycles. The van der Waals surface area contributed by atoms with E-state index in [4.69, 9.17) is 16.0 Å². The summed E-state index contributed by atoms with van der Waals surface area (Å²) in [4.78, 5) is 4.39. The molecule has 4 heteroatoms. The molecule has 1 unspecified atom stereocenters. The van der Waals surface area contributed by atoms with Crippen molar-refractivity contribution in [3.05, 3.63) is 52.7 Å². The van der Waals surface area contributed by atoms with E-state index < -0.39 is 0 Å². The first-order valence-corrected chi connectivity index (χ1v) is 5.90. The summed E-state index contributed by atoms with van der Waals surface area (Å²) in [5.41, 5.74) is 3.17. The van der Waals surface area contributed by atoms with Gasteiger partial charge in [0, 0.05) is 29.9 Å². The smallest absolute Gasteiger partial charge is 0.197 e. The van der Waals surface area contributed by atoms with Gasteiger partial charge in [0.25, 0.3) is 0 Å². The number of aryl methyl sites for hydroxylation is 1. The van der Waals surface area contributed by atoms with Crippen molar-refractivity contribution in [1.82, 2.24) is 10.3 Å². The minimum Gasteiger partial charge on any atom is -0.453 e. The molecule has 0 fully saturated rings. The first kappa shape index (κ1) is 12.1.